The molecule has 1 unspecified atom stereocenters. The lowest BCUT2D eigenvalue weighted by atomic mass is 10.00. The maximum absolute atomic E-state index is 12.9. The lowest BCUT2D eigenvalue weighted by molar-refractivity contribution is 0.0928. The van der Waals surface area contributed by atoms with E-state index in [-0.39, 0.29) is 24.2 Å². The van der Waals surface area contributed by atoms with Crippen LogP contribution in [0.1, 0.15) is 62.6 Å². The highest BCUT2D eigenvalue weighted by Gasteiger charge is 2.22. The van der Waals surface area contributed by atoms with Crippen molar-refractivity contribution in [2.75, 3.05) is 0 Å². The number of benzene rings is 2. The molecule has 0 aliphatic heterocycles. The third-order valence-electron chi connectivity index (χ3n) is 5.15. The summed E-state index contributed by atoms with van der Waals surface area (Å²) in [4.78, 5) is 12.9. The molecule has 0 aliphatic carbocycles. The number of nitrogens with one attached hydrogen (secondary N) is 1. The predicted molar refractivity (Wildman–Crippen MR) is 113 cm³/mol. The van der Waals surface area contributed by atoms with E-state index in [0.717, 1.165) is 28.0 Å². The molecule has 29 heavy (non-hydrogen) atoms. The summed E-state index contributed by atoms with van der Waals surface area (Å²) >= 11 is 0. The van der Waals surface area contributed by atoms with Crippen molar-refractivity contribution >= 4 is 5.91 Å². The number of carbonyl (C=O) groups excluding carboxylic acids is 1. The molecule has 5 nitrogen and oxygen atoms in total. The number of aromatic nitrogens is 1. The molecule has 0 saturated carbocycles. The zero-order valence-electron chi connectivity index (χ0n) is 17.9. The van der Waals surface area contributed by atoms with Crippen LogP contribution in [-0.4, -0.2) is 11.1 Å². The molecular formula is C24H28N2O3. The summed E-state index contributed by atoms with van der Waals surface area (Å²) < 4.78 is 11.3. The first-order valence-electron chi connectivity index (χ1n) is 9.79. The number of carbonyl (C=O) groups is 1. The van der Waals surface area contributed by atoms with Crippen LogP contribution in [0.15, 0.2) is 40.9 Å². The van der Waals surface area contributed by atoms with Crippen LogP contribution in [0.2, 0.25) is 0 Å². The van der Waals surface area contributed by atoms with E-state index < -0.39 is 0 Å². The highest BCUT2D eigenvalue weighted by molar-refractivity contribution is 5.94. The van der Waals surface area contributed by atoms with Gasteiger partial charge in [0, 0.05) is 0 Å². The van der Waals surface area contributed by atoms with Crippen LogP contribution in [0.25, 0.3) is 0 Å². The van der Waals surface area contributed by atoms with E-state index in [0.29, 0.717) is 11.3 Å². The van der Waals surface area contributed by atoms with Gasteiger partial charge >= 0.3 is 0 Å². The van der Waals surface area contributed by atoms with Crippen molar-refractivity contribution in [2.45, 2.75) is 54.2 Å². The second-order valence-corrected chi connectivity index (χ2v) is 7.68. The Kier molecular flexibility index (Phi) is 6.06. The molecule has 3 aromatic rings. The number of nitrogens with zero attached hydrogens (tertiary/aromatic N) is 1. The van der Waals surface area contributed by atoms with Crippen molar-refractivity contribution in [1.29, 1.82) is 0 Å². The first-order chi connectivity index (χ1) is 13.8. The zero-order chi connectivity index (χ0) is 21.1. The number of hydrogen-bond donors (Lipinski definition) is 1. The maximum Gasteiger partial charge on any atom is 0.274 e. The minimum absolute atomic E-state index is 0.145. The van der Waals surface area contributed by atoms with Gasteiger partial charge in [-0.1, -0.05) is 41.1 Å². The Morgan fingerprint density at radius 3 is 2.45 bits per heavy atom. The normalized spacial score (nSPS) is 11.9. The molecule has 0 bridgehead atoms. The molecule has 0 spiro atoms. The van der Waals surface area contributed by atoms with Gasteiger partial charge in [-0.25, -0.2) is 0 Å². The first-order valence-corrected chi connectivity index (χ1v) is 9.79. The van der Waals surface area contributed by atoms with Crippen LogP contribution < -0.4 is 10.1 Å². The fraction of sp³-hybridized carbons (Fsp3) is 0.333. The summed E-state index contributed by atoms with van der Waals surface area (Å²) in [6.07, 6.45) is 0. The molecule has 152 valence electrons. The molecule has 2 aromatic carbocycles. The average molecular weight is 392 g/mol. The minimum atomic E-state index is -0.270. The fourth-order valence-corrected chi connectivity index (χ4v) is 3.41. The monoisotopic (exact) mass is 392 g/mol. The smallest absolute Gasteiger partial charge is 0.274 e. The van der Waals surface area contributed by atoms with E-state index in [9.17, 15) is 4.79 Å². The maximum atomic E-state index is 12.9. The van der Waals surface area contributed by atoms with Crippen LogP contribution in [-0.2, 0) is 6.61 Å². The van der Waals surface area contributed by atoms with Gasteiger partial charge in [0.15, 0.2) is 5.69 Å². The van der Waals surface area contributed by atoms with E-state index in [1.54, 1.807) is 6.92 Å². The van der Waals surface area contributed by atoms with Gasteiger partial charge in [0.2, 0.25) is 0 Å². The summed E-state index contributed by atoms with van der Waals surface area (Å²) in [7, 11) is 0. The van der Waals surface area contributed by atoms with E-state index in [2.05, 4.69) is 36.5 Å². The predicted octanol–water partition coefficient (Wildman–Crippen LogP) is 5.29. The molecular weight excluding hydrogens is 364 g/mol. The minimum Gasteiger partial charge on any atom is -0.488 e. The second kappa shape index (κ2) is 8.52. The Bertz CT molecular complexity index is 1040. The van der Waals surface area contributed by atoms with Crippen molar-refractivity contribution < 1.29 is 14.1 Å². The van der Waals surface area contributed by atoms with Gasteiger partial charge in [0.25, 0.3) is 5.91 Å². The standard InChI is InChI=1S/C24H28N2O3/c1-14-8-10-20(17(4)11-14)18(5)25-24(27)23-21(19(6)29-26-23)13-28-22-12-15(2)7-9-16(22)3/h7-12,18H,13H2,1-6H3,(H,25,27). The second-order valence-electron chi connectivity index (χ2n) is 7.68. The largest absolute Gasteiger partial charge is 0.488 e. The summed E-state index contributed by atoms with van der Waals surface area (Å²) in [5, 5.41) is 7.01. The fourth-order valence-electron chi connectivity index (χ4n) is 3.41. The summed E-state index contributed by atoms with van der Waals surface area (Å²) in [5.74, 6) is 1.11. The zero-order valence-corrected chi connectivity index (χ0v) is 17.9. The van der Waals surface area contributed by atoms with Crippen molar-refractivity contribution in [2.24, 2.45) is 0 Å². The molecule has 0 fully saturated rings. The van der Waals surface area contributed by atoms with Crippen LogP contribution in [0.3, 0.4) is 0 Å². The van der Waals surface area contributed by atoms with Gasteiger partial charge in [-0.05, 0) is 69.9 Å². The van der Waals surface area contributed by atoms with Crippen molar-refractivity contribution in [3.63, 3.8) is 0 Å². The Labute approximate surface area is 172 Å². The van der Waals surface area contributed by atoms with Gasteiger partial charge in [-0.15, -0.1) is 0 Å². The van der Waals surface area contributed by atoms with E-state index >= 15 is 0 Å². The van der Waals surface area contributed by atoms with Crippen molar-refractivity contribution in [1.82, 2.24) is 10.5 Å². The van der Waals surface area contributed by atoms with E-state index in [4.69, 9.17) is 9.26 Å². The highest BCUT2D eigenvalue weighted by atomic mass is 16.5. The summed E-state index contributed by atoms with van der Waals surface area (Å²) in [6.45, 7) is 12.1. The molecule has 0 aliphatic rings. The molecule has 5 heteroatoms. The van der Waals surface area contributed by atoms with Gasteiger partial charge in [-0.3, -0.25) is 4.79 Å². The first kappa shape index (κ1) is 20.6. The number of rotatable bonds is 6. The topological polar surface area (TPSA) is 64.4 Å². The average Bonchev–Trinajstić information content (AvgIpc) is 3.03. The van der Waals surface area contributed by atoms with Gasteiger partial charge in [-0.2, -0.15) is 0 Å². The Morgan fingerprint density at radius 1 is 1.03 bits per heavy atom. The van der Waals surface area contributed by atoms with E-state index in [1.807, 2.05) is 45.0 Å². The van der Waals surface area contributed by atoms with Crippen molar-refractivity contribution in [3.8, 4) is 5.75 Å². The molecule has 1 atom stereocenters. The van der Waals surface area contributed by atoms with Crippen LogP contribution in [0.5, 0.6) is 5.75 Å². The summed E-state index contributed by atoms with van der Waals surface area (Å²) in [5.41, 5.74) is 6.51. The number of ether oxygens (including phenoxy) is 1. The molecule has 3 rings (SSSR count). The van der Waals surface area contributed by atoms with Crippen LogP contribution in [0.4, 0.5) is 0 Å². The molecule has 0 saturated heterocycles. The molecule has 0 radical (unpaired) electrons. The summed E-state index contributed by atoms with van der Waals surface area (Å²) in [6, 6.07) is 12.1. The lowest BCUT2D eigenvalue weighted by Gasteiger charge is -2.17. The Balaban J connectivity index is 1.75. The quantitative estimate of drug-likeness (QED) is 0.619. The third kappa shape index (κ3) is 4.67. The van der Waals surface area contributed by atoms with Gasteiger partial charge < -0.3 is 14.6 Å². The molecule has 1 N–H and O–H groups in total. The van der Waals surface area contributed by atoms with Crippen molar-refractivity contribution in [3.05, 3.63) is 81.2 Å². The number of aryl methyl sites for hydroxylation is 5. The van der Waals surface area contributed by atoms with Gasteiger partial charge in [0.1, 0.15) is 18.1 Å². The number of hydrogen-bond acceptors (Lipinski definition) is 4. The highest BCUT2D eigenvalue weighted by Crippen LogP contribution is 2.24. The molecule has 1 heterocycles. The van der Waals surface area contributed by atoms with E-state index in [1.165, 1.54) is 5.56 Å². The van der Waals surface area contributed by atoms with Crippen LogP contribution >= 0.6 is 0 Å². The van der Waals surface area contributed by atoms with Crippen LogP contribution in [0, 0.1) is 34.6 Å². The third-order valence-corrected chi connectivity index (χ3v) is 5.15. The van der Waals surface area contributed by atoms with Gasteiger partial charge in [0.05, 0.1) is 11.6 Å². The SMILES string of the molecule is Cc1ccc(C(C)NC(=O)c2noc(C)c2COc2cc(C)ccc2C)c(C)c1. The lowest BCUT2D eigenvalue weighted by Crippen LogP contribution is -2.28. The molecule has 1 aromatic heterocycles. The molecule has 1 amide bonds. The Morgan fingerprint density at radius 2 is 1.72 bits per heavy atom. The number of amides is 1. The Hall–Kier alpha value is -3.08.